The van der Waals surface area contributed by atoms with E-state index >= 15 is 0 Å². The average molecular weight is 280 g/mol. The molecule has 0 saturated heterocycles. The van der Waals surface area contributed by atoms with E-state index in [-0.39, 0.29) is 0 Å². The Bertz CT molecular complexity index is 851. The number of pyridine rings is 1. The summed E-state index contributed by atoms with van der Waals surface area (Å²) in [6.07, 6.45) is 3.87. The fourth-order valence-corrected chi connectivity index (χ4v) is 2.53. The largest absolute Gasteiger partial charge is 0.485 e. The zero-order chi connectivity index (χ0) is 15.0. The number of ether oxygens (including phenoxy) is 1. The third kappa shape index (κ3) is 2.15. The molecule has 0 radical (unpaired) electrons. The van der Waals surface area contributed by atoms with Gasteiger partial charge in [0.15, 0.2) is 5.75 Å². The summed E-state index contributed by atoms with van der Waals surface area (Å²) in [6, 6.07) is 8.07. The molecule has 0 spiro atoms. The van der Waals surface area contributed by atoms with E-state index in [0.717, 1.165) is 28.2 Å². The lowest BCUT2D eigenvalue weighted by atomic mass is 10.2. The quantitative estimate of drug-likeness (QED) is 0.741. The maximum Gasteiger partial charge on any atom is 0.163 e. The van der Waals surface area contributed by atoms with E-state index in [1.54, 1.807) is 4.68 Å². The first kappa shape index (κ1) is 13.3. The van der Waals surface area contributed by atoms with Gasteiger partial charge in [0.25, 0.3) is 0 Å². The molecule has 0 aromatic carbocycles. The second-order valence-corrected chi connectivity index (χ2v) is 5.05. The molecule has 3 rings (SSSR count). The van der Waals surface area contributed by atoms with Crippen molar-refractivity contribution in [2.24, 2.45) is 7.05 Å². The van der Waals surface area contributed by atoms with Crippen LogP contribution < -0.4 is 4.74 Å². The third-order valence-electron chi connectivity index (χ3n) is 3.69. The summed E-state index contributed by atoms with van der Waals surface area (Å²) in [6.45, 7) is 4.25. The van der Waals surface area contributed by atoms with Crippen LogP contribution in [0.4, 0.5) is 0 Å². The molecule has 0 atom stereocenters. The molecule has 5 nitrogen and oxygen atoms in total. The molecular formula is C16H16N4O. The molecule has 0 aliphatic heterocycles. The third-order valence-corrected chi connectivity index (χ3v) is 3.69. The Labute approximate surface area is 123 Å². The van der Waals surface area contributed by atoms with E-state index in [1.807, 2.05) is 55.9 Å². The highest BCUT2D eigenvalue weighted by Crippen LogP contribution is 2.24. The molecule has 0 N–H and O–H groups in total. The monoisotopic (exact) mass is 280 g/mol. The Morgan fingerprint density at radius 1 is 1.33 bits per heavy atom. The average Bonchev–Trinajstić information content (AvgIpc) is 2.95. The number of aryl methyl sites for hydroxylation is 2. The molecule has 0 fully saturated rings. The summed E-state index contributed by atoms with van der Waals surface area (Å²) in [5.74, 6) is 0.789. The summed E-state index contributed by atoms with van der Waals surface area (Å²) in [5, 5.41) is 13.7. The molecule has 0 saturated carbocycles. The van der Waals surface area contributed by atoms with Gasteiger partial charge < -0.3 is 9.14 Å². The molecule has 0 bridgehead atoms. The minimum absolute atomic E-state index is 0.359. The van der Waals surface area contributed by atoms with Crippen LogP contribution in [0.3, 0.4) is 0 Å². The van der Waals surface area contributed by atoms with E-state index in [9.17, 15) is 5.26 Å². The van der Waals surface area contributed by atoms with E-state index in [1.165, 1.54) is 0 Å². The lowest BCUT2D eigenvalue weighted by Gasteiger charge is -2.05. The zero-order valence-electron chi connectivity index (χ0n) is 12.3. The molecule has 0 aliphatic carbocycles. The molecule has 0 aliphatic rings. The Morgan fingerprint density at radius 2 is 2.14 bits per heavy atom. The molecule has 3 aromatic heterocycles. The summed E-state index contributed by atoms with van der Waals surface area (Å²) in [7, 11) is 1.89. The molecule has 3 aromatic rings. The van der Waals surface area contributed by atoms with Gasteiger partial charge in [0, 0.05) is 25.0 Å². The number of hydrogen-bond acceptors (Lipinski definition) is 3. The van der Waals surface area contributed by atoms with Crippen LogP contribution in [-0.4, -0.2) is 14.2 Å². The highest BCUT2D eigenvalue weighted by molar-refractivity contribution is 5.65. The van der Waals surface area contributed by atoms with Gasteiger partial charge in [-0.2, -0.15) is 10.4 Å². The van der Waals surface area contributed by atoms with Crippen molar-refractivity contribution in [1.29, 1.82) is 5.26 Å². The van der Waals surface area contributed by atoms with Gasteiger partial charge >= 0.3 is 0 Å². The van der Waals surface area contributed by atoms with Crippen LogP contribution in [-0.2, 0) is 13.7 Å². The smallest absolute Gasteiger partial charge is 0.163 e. The van der Waals surface area contributed by atoms with Crippen LogP contribution in [0.1, 0.15) is 22.5 Å². The van der Waals surface area contributed by atoms with Crippen molar-refractivity contribution in [3.8, 4) is 11.8 Å². The van der Waals surface area contributed by atoms with Crippen LogP contribution >= 0.6 is 0 Å². The van der Waals surface area contributed by atoms with Crippen molar-refractivity contribution in [3.63, 3.8) is 0 Å². The van der Waals surface area contributed by atoms with Crippen molar-refractivity contribution >= 4 is 5.52 Å². The van der Waals surface area contributed by atoms with Crippen molar-refractivity contribution in [2.75, 3.05) is 0 Å². The normalized spacial score (nSPS) is 10.8. The minimum Gasteiger partial charge on any atom is -0.485 e. The second-order valence-electron chi connectivity index (χ2n) is 5.05. The van der Waals surface area contributed by atoms with Gasteiger partial charge in [-0.25, -0.2) is 0 Å². The standard InChI is InChI=1S/C16H16N4O/c1-11-16(12(2)19(3)18-11)21-10-13-9-20-7-5-4-6-15(20)14(13)8-17/h4-7,9H,10H2,1-3H3. The SMILES string of the molecule is Cc1nn(C)c(C)c1OCc1cn2ccccc2c1C#N. The zero-order valence-corrected chi connectivity index (χ0v) is 12.3. The fraction of sp³-hybridized carbons (Fsp3) is 0.250. The van der Waals surface area contributed by atoms with Crippen LogP contribution in [0, 0.1) is 25.2 Å². The first-order valence-electron chi connectivity index (χ1n) is 6.73. The number of nitrogens with zero attached hydrogens (tertiary/aromatic N) is 4. The van der Waals surface area contributed by atoms with Gasteiger partial charge in [-0.15, -0.1) is 0 Å². The lowest BCUT2D eigenvalue weighted by molar-refractivity contribution is 0.301. The molecule has 0 unspecified atom stereocenters. The van der Waals surface area contributed by atoms with Gasteiger partial charge in [-0.3, -0.25) is 4.68 Å². The van der Waals surface area contributed by atoms with Crippen molar-refractivity contribution in [2.45, 2.75) is 20.5 Å². The summed E-state index contributed by atoms with van der Waals surface area (Å²) in [5.41, 5.74) is 4.28. The van der Waals surface area contributed by atoms with Gasteiger partial charge in [-0.1, -0.05) is 6.07 Å². The topological polar surface area (TPSA) is 55.2 Å². The number of nitriles is 1. The predicted molar refractivity (Wildman–Crippen MR) is 79.1 cm³/mol. The molecule has 3 heterocycles. The van der Waals surface area contributed by atoms with Gasteiger partial charge in [0.05, 0.1) is 16.8 Å². The highest BCUT2D eigenvalue weighted by atomic mass is 16.5. The van der Waals surface area contributed by atoms with Gasteiger partial charge in [0.1, 0.15) is 18.4 Å². The number of hydrogen-bond donors (Lipinski definition) is 0. The van der Waals surface area contributed by atoms with Crippen molar-refractivity contribution in [3.05, 3.63) is 53.1 Å². The predicted octanol–water partition coefficient (Wildman–Crippen LogP) is 2.74. The first-order valence-corrected chi connectivity index (χ1v) is 6.73. The molecule has 106 valence electrons. The van der Waals surface area contributed by atoms with E-state index in [4.69, 9.17) is 4.74 Å². The van der Waals surface area contributed by atoms with E-state index in [0.29, 0.717) is 12.2 Å². The summed E-state index contributed by atoms with van der Waals surface area (Å²) >= 11 is 0. The molecule has 21 heavy (non-hydrogen) atoms. The first-order chi connectivity index (χ1) is 10.1. The number of fused-ring (bicyclic) bond motifs is 1. The number of rotatable bonds is 3. The van der Waals surface area contributed by atoms with Crippen LogP contribution in [0.2, 0.25) is 0 Å². The van der Waals surface area contributed by atoms with Crippen LogP contribution in [0.25, 0.3) is 5.52 Å². The minimum atomic E-state index is 0.359. The second kappa shape index (κ2) is 4.98. The van der Waals surface area contributed by atoms with E-state index in [2.05, 4.69) is 11.2 Å². The highest BCUT2D eigenvalue weighted by Gasteiger charge is 2.14. The maximum absolute atomic E-state index is 9.38. The summed E-state index contributed by atoms with van der Waals surface area (Å²) in [4.78, 5) is 0. The van der Waals surface area contributed by atoms with Gasteiger partial charge in [0.2, 0.25) is 0 Å². The van der Waals surface area contributed by atoms with Crippen LogP contribution in [0.5, 0.6) is 5.75 Å². The Balaban J connectivity index is 1.94. The Hall–Kier alpha value is -2.74. The van der Waals surface area contributed by atoms with Gasteiger partial charge in [-0.05, 0) is 26.0 Å². The lowest BCUT2D eigenvalue weighted by Crippen LogP contribution is -1.98. The van der Waals surface area contributed by atoms with Crippen LogP contribution in [0.15, 0.2) is 30.6 Å². The molecule has 0 amide bonds. The molecule has 5 heteroatoms. The Kier molecular flexibility index (Phi) is 3.15. The maximum atomic E-state index is 9.38. The van der Waals surface area contributed by atoms with E-state index < -0.39 is 0 Å². The Morgan fingerprint density at radius 3 is 2.81 bits per heavy atom. The molecular weight excluding hydrogens is 264 g/mol. The fourth-order valence-electron chi connectivity index (χ4n) is 2.53. The van der Waals surface area contributed by atoms with Crippen molar-refractivity contribution < 1.29 is 4.74 Å². The number of aromatic nitrogens is 3. The summed E-state index contributed by atoms with van der Waals surface area (Å²) < 4.78 is 9.64. The van der Waals surface area contributed by atoms with Crippen molar-refractivity contribution in [1.82, 2.24) is 14.2 Å².